The Hall–Kier alpha value is -0.840. The van der Waals surface area contributed by atoms with Gasteiger partial charge in [-0.1, -0.05) is 24.6 Å². The van der Waals surface area contributed by atoms with Gasteiger partial charge in [0.2, 0.25) is 0 Å². The SMILES string of the molecule is CCCNC1CC(Oc2c(F)cccc2Cl)C1OCC. The van der Waals surface area contributed by atoms with Gasteiger partial charge < -0.3 is 14.8 Å². The number of ether oxygens (including phenoxy) is 2. The average molecular weight is 302 g/mol. The highest BCUT2D eigenvalue weighted by Crippen LogP contribution is 2.34. The predicted octanol–water partition coefficient (Wildman–Crippen LogP) is 3.40. The van der Waals surface area contributed by atoms with Gasteiger partial charge in [-0.2, -0.15) is 0 Å². The van der Waals surface area contributed by atoms with E-state index in [1.807, 2.05) is 6.92 Å². The van der Waals surface area contributed by atoms with E-state index in [0.29, 0.717) is 11.6 Å². The largest absolute Gasteiger partial charge is 0.483 e. The zero-order valence-corrected chi connectivity index (χ0v) is 12.6. The van der Waals surface area contributed by atoms with Gasteiger partial charge in [-0.3, -0.25) is 0 Å². The van der Waals surface area contributed by atoms with Crippen LogP contribution in [-0.2, 0) is 4.74 Å². The fourth-order valence-corrected chi connectivity index (χ4v) is 2.60. The molecule has 3 atom stereocenters. The lowest BCUT2D eigenvalue weighted by molar-refractivity contribution is -0.105. The van der Waals surface area contributed by atoms with Crippen molar-refractivity contribution in [3.63, 3.8) is 0 Å². The normalized spacial score (nSPS) is 25.3. The highest BCUT2D eigenvalue weighted by Gasteiger charge is 2.43. The van der Waals surface area contributed by atoms with Crippen molar-refractivity contribution in [3.8, 4) is 5.75 Å². The van der Waals surface area contributed by atoms with Crippen molar-refractivity contribution in [2.75, 3.05) is 13.2 Å². The molecule has 0 saturated heterocycles. The van der Waals surface area contributed by atoms with Crippen LogP contribution in [0.4, 0.5) is 4.39 Å². The van der Waals surface area contributed by atoms with E-state index in [-0.39, 0.29) is 24.0 Å². The minimum absolute atomic E-state index is 0.0535. The van der Waals surface area contributed by atoms with Crippen LogP contribution in [-0.4, -0.2) is 31.4 Å². The third-order valence-electron chi connectivity index (χ3n) is 3.45. The molecule has 1 aliphatic rings. The standard InChI is InChI=1S/C15H21ClFNO2/c1-3-8-18-12-9-13(15(12)19-4-2)20-14-10(16)6-5-7-11(14)17/h5-7,12-13,15,18H,3-4,8-9H2,1-2H3. The zero-order chi connectivity index (χ0) is 14.5. The molecule has 3 unspecified atom stereocenters. The average Bonchev–Trinajstić information content (AvgIpc) is 2.42. The molecule has 20 heavy (non-hydrogen) atoms. The molecule has 0 aliphatic heterocycles. The van der Waals surface area contributed by atoms with Crippen molar-refractivity contribution in [2.24, 2.45) is 0 Å². The minimum Gasteiger partial charge on any atom is -0.483 e. The van der Waals surface area contributed by atoms with Crippen LogP contribution in [0.15, 0.2) is 18.2 Å². The molecule has 1 N–H and O–H groups in total. The van der Waals surface area contributed by atoms with Gasteiger partial charge in [0.05, 0.1) is 5.02 Å². The second-order valence-corrected chi connectivity index (χ2v) is 5.33. The highest BCUT2D eigenvalue weighted by molar-refractivity contribution is 6.32. The van der Waals surface area contributed by atoms with Gasteiger partial charge in [0, 0.05) is 19.1 Å². The minimum atomic E-state index is -0.433. The van der Waals surface area contributed by atoms with Crippen molar-refractivity contribution in [1.29, 1.82) is 0 Å². The number of nitrogens with one attached hydrogen (secondary N) is 1. The summed E-state index contributed by atoms with van der Waals surface area (Å²) >= 11 is 5.98. The summed E-state index contributed by atoms with van der Waals surface area (Å²) in [6.45, 7) is 5.62. The first-order valence-corrected chi connectivity index (χ1v) is 7.50. The lowest BCUT2D eigenvalue weighted by Crippen LogP contribution is -2.61. The molecule has 0 bridgehead atoms. The van der Waals surface area contributed by atoms with Gasteiger partial charge >= 0.3 is 0 Å². The Bertz CT molecular complexity index is 424. The van der Waals surface area contributed by atoms with Crippen LogP contribution in [0.3, 0.4) is 0 Å². The first-order chi connectivity index (χ1) is 9.67. The fraction of sp³-hybridized carbons (Fsp3) is 0.600. The molecule has 1 aliphatic carbocycles. The van der Waals surface area contributed by atoms with E-state index in [1.165, 1.54) is 6.07 Å². The Labute approximate surface area is 124 Å². The maximum Gasteiger partial charge on any atom is 0.174 e. The maximum absolute atomic E-state index is 13.7. The topological polar surface area (TPSA) is 30.5 Å². The Balaban J connectivity index is 1.99. The number of para-hydroxylation sites is 1. The Morgan fingerprint density at radius 1 is 1.40 bits per heavy atom. The van der Waals surface area contributed by atoms with Crippen LogP contribution in [0, 0.1) is 5.82 Å². The second kappa shape index (κ2) is 7.25. The van der Waals surface area contributed by atoms with Gasteiger partial charge in [0.1, 0.15) is 12.2 Å². The number of benzene rings is 1. The molecule has 0 heterocycles. The lowest BCUT2D eigenvalue weighted by atomic mass is 9.85. The van der Waals surface area contributed by atoms with Crippen LogP contribution in [0.25, 0.3) is 0 Å². The molecule has 112 valence electrons. The van der Waals surface area contributed by atoms with E-state index >= 15 is 0 Å². The Morgan fingerprint density at radius 3 is 2.85 bits per heavy atom. The molecular formula is C15H21ClFNO2. The van der Waals surface area contributed by atoms with Gasteiger partial charge in [-0.15, -0.1) is 0 Å². The molecule has 0 aromatic heterocycles. The molecule has 1 aromatic carbocycles. The number of hydrogen-bond acceptors (Lipinski definition) is 3. The summed E-state index contributed by atoms with van der Waals surface area (Å²) in [6.07, 6.45) is 1.66. The van der Waals surface area contributed by atoms with Gasteiger partial charge in [-0.25, -0.2) is 4.39 Å². The lowest BCUT2D eigenvalue weighted by Gasteiger charge is -2.44. The highest BCUT2D eigenvalue weighted by atomic mass is 35.5. The summed E-state index contributed by atoms with van der Waals surface area (Å²) in [7, 11) is 0. The van der Waals surface area contributed by atoms with Gasteiger partial charge in [-0.05, 0) is 32.0 Å². The first-order valence-electron chi connectivity index (χ1n) is 7.13. The molecule has 0 amide bonds. The molecule has 2 rings (SSSR count). The summed E-state index contributed by atoms with van der Waals surface area (Å²) in [5.74, 6) is -0.310. The van der Waals surface area contributed by atoms with Crippen LogP contribution in [0.2, 0.25) is 5.02 Å². The van der Waals surface area contributed by atoms with Crippen molar-refractivity contribution >= 4 is 11.6 Å². The third kappa shape index (κ3) is 3.43. The molecule has 0 spiro atoms. The van der Waals surface area contributed by atoms with Crippen LogP contribution in [0.5, 0.6) is 5.75 Å². The van der Waals surface area contributed by atoms with Crippen LogP contribution < -0.4 is 10.1 Å². The number of halogens is 2. The van der Waals surface area contributed by atoms with Crippen molar-refractivity contribution in [2.45, 2.75) is 44.9 Å². The van der Waals surface area contributed by atoms with E-state index in [2.05, 4.69) is 12.2 Å². The van der Waals surface area contributed by atoms with Crippen molar-refractivity contribution in [1.82, 2.24) is 5.32 Å². The van der Waals surface area contributed by atoms with Crippen molar-refractivity contribution < 1.29 is 13.9 Å². The third-order valence-corrected chi connectivity index (χ3v) is 3.75. The zero-order valence-electron chi connectivity index (χ0n) is 11.9. The summed E-state index contributed by atoms with van der Waals surface area (Å²) in [5.41, 5.74) is 0. The van der Waals surface area contributed by atoms with Crippen LogP contribution >= 0.6 is 11.6 Å². The fourth-order valence-electron chi connectivity index (χ4n) is 2.39. The first kappa shape index (κ1) is 15.5. The van der Waals surface area contributed by atoms with E-state index in [0.717, 1.165) is 19.4 Å². The number of rotatable bonds is 7. The molecular weight excluding hydrogens is 281 g/mol. The Kier molecular flexibility index (Phi) is 5.64. The molecule has 3 nitrogen and oxygen atoms in total. The molecule has 1 saturated carbocycles. The summed E-state index contributed by atoms with van der Waals surface area (Å²) in [5, 5.41) is 3.71. The molecule has 1 aromatic rings. The summed E-state index contributed by atoms with van der Waals surface area (Å²) in [4.78, 5) is 0. The summed E-state index contributed by atoms with van der Waals surface area (Å²) < 4.78 is 25.1. The molecule has 5 heteroatoms. The van der Waals surface area contributed by atoms with E-state index in [1.54, 1.807) is 12.1 Å². The van der Waals surface area contributed by atoms with E-state index in [9.17, 15) is 4.39 Å². The smallest absolute Gasteiger partial charge is 0.174 e. The van der Waals surface area contributed by atoms with Gasteiger partial charge in [0.25, 0.3) is 0 Å². The second-order valence-electron chi connectivity index (χ2n) is 4.92. The predicted molar refractivity (Wildman–Crippen MR) is 77.9 cm³/mol. The number of hydrogen-bond donors (Lipinski definition) is 1. The Morgan fingerprint density at radius 2 is 2.20 bits per heavy atom. The quantitative estimate of drug-likeness (QED) is 0.837. The van der Waals surface area contributed by atoms with Crippen molar-refractivity contribution in [3.05, 3.63) is 29.0 Å². The van der Waals surface area contributed by atoms with Gasteiger partial charge in [0.15, 0.2) is 11.6 Å². The summed E-state index contributed by atoms with van der Waals surface area (Å²) in [6, 6.07) is 4.81. The molecule has 1 fully saturated rings. The van der Waals surface area contributed by atoms with E-state index < -0.39 is 5.82 Å². The maximum atomic E-state index is 13.7. The monoisotopic (exact) mass is 301 g/mol. The van der Waals surface area contributed by atoms with E-state index in [4.69, 9.17) is 21.1 Å². The molecule has 0 radical (unpaired) electrons. The van der Waals surface area contributed by atoms with Crippen LogP contribution in [0.1, 0.15) is 26.7 Å².